The van der Waals surface area contributed by atoms with Gasteiger partial charge in [0.1, 0.15) is 7.11 Å². The van der Waals surface area contributed by atoms with E-state index in [4.69, 9.17) is 12.2 Å². The molecule has 0 aromatic rings. The highest BCUT2D eigenvalue weighted by atomic mass is 16.5. The molecule has 0 bridgehead atoms. The molecule has 0 saturated carbocycles. The van der Waals surface area contributed by atoms with Crippen LogP contribution >= 0.6 is 0 Å². The van der Waals surface area contributed by atoms with Crippen molar-refractivity contribution in [2.45, 2.75) is 19.3 Å². The highest BCUT2D eigenvalue weighted by Gasteiger charge is 2.17. The van der Waals surface area contributed by atoms with Crippen molar-refractivity contribution in [3.05, 3.63) is 7.11 Å². The van der Waals surface area contributed by atoms with Crippen LogP contribution in [0.3, 0.4) is 0 Å². The van der Waals surface area contributed by atoms with Gasteiger partial charge in [0, 0.05) is 19.8 Å². The first-order chi connectivity index (χ1) is 6.36. The number of aliphatic hydroxyl groups is 1. The molecule has 1 N–H and O–H groups in total. The van der Waals surface area contributed by atoms with E-state index in [1.165, 1.54) is 0 Å². The summed E-state index contributed by atoms with van der Waals surface area (Å²) >= 11 is 0. The molecule has 0 atom stereocenters. The summed E-state index contributed by atoms with van der Waals surface area (Å²) in [6.45, 7) is 4.26. The van der Waals surface area contributed by atoms with Gasteiger partial charge in [-0.25, -0.2) is 0 Å². The molecule has 0 amide bonds. The van der Waals surface area contributed by atoms with Crippen LogP contribution in [0.15, 0.2) is 0 Å². The molecule has 76 valence electrons. The molecule has 1 aliphatic heterocycles. The highest BCUT2D eigenvalue weighted by molar-refractivity contribution is 4.71. The minimum Gasteiger partial charge on any atom is -0.396 e. The van der Waals surface area contributed by atoms with Gasteiger partial charge in [-0.1, -0.05) is 0 Å². The normalized spacial score (nSPS) is 20.8. The first-order valence-corrected chi connectivity index (χ1v) is 5.01. The molecule has 0 spiro atoms. The van der Waals surface area contributed by atoms with Crippen LogP contribution < -0.4 is 0 Å². The Hall–Kier alpha value is -0.120. The van der Waals surface area contributed by atoms with Gasteiger partial charge in [0.15, 0.2) is 0 Å². The van der Waals surface area contributed by atoms with Crippen molar-refractivity contribution in [3.8, 4) is 0 Å². The maximum Gasteiger partial charge on any atom is 0.115 e. The summed E-state index contributed by atoms with van der Waals surface area (Å²) in [6.07, 6.45) is 3.25. The van der Waals surface area contributed by atoms with E-state index in [1.807, 2.05) is 0 Å². The number of hydrogen-bond donors (Lipinski definition) is 1. The first kappa shape index (κ1) is 11.0. The Morgan fingerprint density at radius 3 is 2.62 bits per heavy atom. The van der Waals surface area contributed by atoms with E-state index in [0.29, 0.717) is 19.1 Å². The fraction of sp³-hybridized carbons (Fsp3) is 0.900. The lowest BCUT2D eigenvalue weighted by atomic mass is 9.98. The zero-order valence-corrected chi connectivity index (χ0v) is 8.11. The van der Waals surface area contributed by atoms with Crippen LogP contribution in [0, 0.1) is 13.0 Å². The molecular weight excluding hydrogens is 166 g/mol. The van der Waals surface area contributed by atoms with Crippen molar-refractivity contribution >= 4 is 0 Å². The largest absolute Gasteiger partial charge is 0.396 e. The Kier molecular flexibility index (Phi) is 5.35. The number of likely N-dealkylation sites (tertiary alicyclic amines) is 1. The molecule has 3 nitrogen and oxygen atoms in total. The lowest BCUT2D eigenvalue weighted by Crippen LogP contribution is -2.35. The van der Waals surface area contributed by atoms with E-state index in [1.54, 1.807) is 0 Å². The maximum atomic E-state index is 8.94. The molecule has 0 aromatic heterocycles. The van der Waals surface area contributed by atoms with Crippen molar-refractivity contribution in [2.24, 2.45) is 5.92 Å². The van der Waals surface area contributed by atoms with Crippen LogP contribution in [0.2, 0.25) is 0 Å². The fourth-order valence-electron chi connectivity index (χ4n) is 1.76. The van der Waals surface area contributed by atoms with Crippen LogP contribution in [0.25, 0.3) is 0 Å². The van der Waals surface area contributed by atoms with Gasteiger partial charge in [-0.05, 0) is 38.3 Å². The van der Waals surface area contributed by atoms with Gasteiger partial charge >= 0.3 is 0 Å². The fourth-order valence-corrected chi connectivity index (χ4v) is 1.76. The van der Waals surface area contributed by atoms with E-state index in [0.717, 1.165) is 38.9 Å². The Balaban J connectivity index is 2.03. The van der Waals surface area contributed by atoms with Crippen LogP contribution in [0.5, 0.6) is 0 Å². The van der Waals surface area contributed by atoms with Crippen molar-refractivity contribution in [1.29, 1.82) is 0 Å². The average Bonchev–Trinajstić information content (AvgIpc) is 2.19. The first-order valence-electron chi connectivity index (χ1n) is 5.01. The lowest BCUT2D eigenvalue weighted by Gasteiger charge is -2.30. The lowest BCUT2D eigenvalue weighted by molar-refractivity contribution is 0.123. The second kappa shape index (κ2) is 6.35. The Morgan fingerprint density at radius 1 is 1.38 bits per heavy atom. The van der Waals surface area contributed by atoms with Crippen molar-refractivity contribution in [1.82, 2.24) is 4.90 Å². The number of aliphatic hydroxyl groups excluding tert-OH is 1. The Labute approximate surface area is 80.7 Å². The Bertz CT molecular complexity index is 119. The summed E-state index contributed by atoms with van der Waals surface area (Å²) in [5.41, 5.74) is 0. The maximum absolute atomic E-state index is 8.94. The van der Waals surface area contributed by atoms with Crippen LogP contribution in [0.1, 0.15) is 19.3 Å². The SMILES string of the molecule is [CH]OCCCN1CCC(CO)CC1. The minimum absolute atomic E-state index is 0.347. The number of rotatable bonds is 5. The molecule has 1 saturated heterocycles. The third kappa shape index (κ3) is 4.07. The molecule has 1 rings (SSSR count). The summed E-state index contributed by atoms with van der Waals surface area (Å²) in [4.78, 5) is 2.41. The van der Waals surface area contributed by atoms with Gasteiger partial charge < -0.3 is 14.7 Å². The zero-order valence-electron chi connectivity index (χ0n) is 8.11. The Morgan fingerprint density at radius 2 is 2.08 bits per heavy atom. The summed E-state index contributed by atoms with van der Waals surface area (Å²) in [6, 6.07) is 0. The molecule has 0 aromatic carbocycles. The number of ether oxygens (including phenoxy) is 1. The minimum atomic E-state index is 0.347. The van der Waals surface area contributed by atoms with Crippen molar-refractivity contribution in [3.63, 3.8) is 0 Å². The van der Waals surface area contributed by atoms with E-state index >= 15 is 0 Å². The standard InChI is InChI=1S/C10H19NO2/c1-13-8-2-5-11-6-3-10(9-12)4-7-11/h1,10,12H,2-9H2. The number of hydrogen-bond acceptors (Lipinski definition) is 3. The summed E-state index contributed by atoms with van der Waals surface area (Å²) in [5, 5.41) is 8.94. The second-order valence-corrected chi connectivity index (χ2v) is 3.69. The van der Waals surface area contributed by atoms with Gasteiger partial charge in [-0.3, -0.25) is 0 Å². The number of piperidine rings is 1. The molecular formula is C10H19NO2. The van der Waals surface area contributed by atoms with E-state index in [-0.39, 0.29) is 0 Å². The third-order valence-electron chi connectivity index (χ3n) is 2.70. The highest BCUT2D eigenvalue weighted by Crippen LogP contribution is 2.16. The average molecular weight is 185 g/mol. The molecule has 0 aliphatic carbocycles. The molecule has 1 heterocycles. The quantitative estimate of drug-likeness (QED) is 0.642. The number of nitrogens with zero attached hydrogens (tertiary/aromatic N) is 1. The van der Waals surface area contributed by atoms with E-state index in [2.05, 4.69) is 9.64 Å². The molecule has 0 unspecified atom stereocenters. The molecule has 2 radical (unpaired) electrons. The molecule has 3 heteroatoms. The van der Waals surface area contributed by atoms with Crippen LogP contribution in [-0.2, 0) is 4.74 Å². The van der Waals surface area contributed by atoms with Gasteiger partial charge in [-0.2, -0.15) is 0 Å². The predicted octanol–water partition coefficient (Wildman–Crippen LogP) is 0.766. The smallest absolute Gasteiger partial charge is 0.115 e. The van der Waals surface area contributed by atoms with Crippen molar-refractivity contribution < 1.29 is 9.84 Å². The van der Waals surface area contributed by atoms with E-state index in [9.17, 15) is 0 Å². The molecule has 13 heavy (non-hydrogen) atoms. The van der Waals surface area contributed by atoms with E-state index < -0.39 is 0 Å². The van der Waals surface area contributed by atoms with Gasteiger partial charge in [-0.15, -0.1) is 0 Å². The monoisotopic (exact) mass is 185 g/mol. The third-order valence-corrected chi connectivity index (χ3v) is 2.70. The second-order valence-electron chi connectivity index (χ2n) is 3.69. The van der Waals surface area contributed by atoms with Gasteiger partial charge in [0.05, 0.1) is 0 Å². The zero-order chi connectivity index (χ0) is 9.52. The van der Waals surface area contributed by atoms with Gasteiger partial charge in [0.25, 0.3) is 0 Å². The molecule has 1 fully saturated rings. The van der Waals surface area contributed by atoms with Crippen molar-refractivity contribution in [2.75, 3.05) is 32.8 Å². The topological polar surface area (TPSA) is 32.7 Å². The van der Waals surface area contributed by atoms with Crippen LogP contribution in [-0.4, -0.2) is 42.9 Å². The summed E-state index contributed by atoms with van der Waals surface area (Å²) in [5.74, 6) is 0.530. The van der Waals surface area contributed by atoms with Gasteiger partial charge in [0.2, 0.25) is 0 Å². The van der Waals surface area contributed by atoms with Crippen LogP contribution in [0.4, 0.5) is 0 Å². The predicted molar refractivity (Wildman–Crippen MR) is 51.1 cm³/mol. The summed E-state index contributed by atoms with van der Waals surface area (Å²) in [7, 11) is 4.94. The summed E-state index contributed by atoms with van der Waals surface area (Å²) < 4.78 is 4.51. The molecule has 1 aliphatic rings.